The molecule has 3 heterocycles. The Morgan fingerprint density at radius 3 is 2.75 bits per heavy atom. The summed E-state index contributed by atoms with van der Waals surface area (Å²) < 4.78 is 1.92. The molecule has 0 saturated carbocycles. The molecule has 0 unspecified atom stereocenters. The van der Waals surface area contributed by atoms with Crippen LogP contribution in [-0.4, -0.2) is 22.5 Å². The predicted molar refractivity (Wildman–Crippen MR) is 66.1 cm³/mol. The highest BCUT2D eigenvalue weighted by Crippen LogP contribution is 2.27. The average molecular weight is 237 g/mol. The first-order valence-corrected chi connectivity index (χ1v) is 5.82. The predicted octanol–water partition coefficient (Wildman–Crippen LogP) is 2.17. The summed E-state index contributed by atoms with van der Waals surface area (Å²) in [7, 11) is 0. The van der Waals surface area contributed by atoms with Gasteiger partial charge < -0.3 is 10.6 Å². The second-order valence-electron chi connectivity index (χ2n) is 4.06. The van der Waals surface area contributed by atoms with Crippen LogP contribution in [0.2, 0.25) is 5.15 Å². The largest absolute Gasteiger partial charge is 0.369 e. The summed E-state index contributed by atoms with van der Waals surface area (Å²) >= 11 is 6.03. The maximum absolute atomic E-state index is 6.03. The highest BCUT2D eigenvalue weighted by molar-refractivity contribution is 6.32. The van der Waals surface area contributed by atoms with Crippen molar-refractivity contribution in [3.63, 3.8) is 0 Å². The van der Waals surface area contributed by atoms with Crippen molar-refractivity contribution in [1.29, 1.82) is 0 Å². The van der Waals surface area contributed by atoms with Crippen LogP contribution < -0.4 is 10.6 Å². The van der Waals surface area contributed by atoms with Crippen molar-refractivity contribution in [3.8, 4) is 0 Å². The third kappa shape index (κ3) is 1.33. The number of halogens is 1. The number of anilines is 2. The van der Waals surface area contributed by atoms with Gasteiger partial charge in [-0.25, -0.2) is 4.98 Å². The molecule has 1 saturated heterocycles. The van der Waals surface area contributed by atoms with Crippen LogP contribution in [0.15, 0.2) is 18.2 Å². The molecule has 0 bridgehead atoms. The molecular weight excluding hydrogens is 224 g/mol. The van der Waals surface area contributed by atoms with Gasteiger partial charge >= 0.3 is 0 Å². The Morgan fingerprint density at radius 2 is 2.00 bits per heavy atom. The first kappa shape index (κ1) is 9.78. The lowest BCUT2D eigenvalue weighted by Gasteiger charge is -2.19. The van der Waals surface area contributed by atoms with Gasteiger partial charge in [-0.1, -0.05) is 17.7 Å². The fourth-order valence-electron chi connectivity index (χ4n) is 2.30. The van der Waals surface area contributed by atoms with Crippen molar-refractivity contribution in [2.75, 3.05) is 23.7 Å². The van der Waals surface area contributed by atoms with Crippen molar-refractivity contribution in [3.05, 3.63) is 23.4 Å². The molecule has 84 valence electrons. The summed E-state index contributed by atoms with van der Waals surface area (Å²) in [4.78, 5) is 6.42. The van der Waals surface area contributed by atoms with Crippen molar-refractivity contribution in [2.24, 2.45) is 0 Å². The molecule has 0 radical (unpaired) electrons. The van der Waals surface area contributed by atoms with Crippen LogP contribution in [0.1, 0.15) is 12.8 Å². The Balaban J connectivity index is 2.23. The SMILES string of the molecule is Nc1nc(Cl)c2cccc(N3CCCC3)n12. The van der Waals surface area contributed by atoms with E-state index in [9.17, 15) is 0 Å². The van der Waals surface area contributed by atoms with Crippen LogP contribution in [0.25, 0.3) is 5.52 Å². The van der Waals surface area contributed by atoms with Gasteiger partial charge in [0.1, 0.15) is 5.82 Å². The van der Waals surface area contributed by atoms with Gasteiger partial charge in [0.25, 0.3) is 0 Å². The zero-order valence-corrected chi connectivity index (χ0v) is 9.61. The Labute approximate surface area is 98.6 Å². The van der Waals surface area contributed by atoms with E-state index < -0.39 is 0 Å². The normalized spacial score (nSPS) is 16.2. The molecule has 4 nitrogen and oxygen atoms in total. The van der Waals surface area contributed by atoms with Crippen LogP contribution in [-0.2, 0) is 0 Å². The average Bonchev–Trinajstić information content (AvgIpc) is 2.88. The van der Waals surface area contributed by atoms with Gasteiger partial charge in [-0.3, -0.25) is 4.40 Å². The van der Waals surface area contributed by atoms with E-state index in [1.165, 1.54) is 12.8 Å². The van der Waals surface area contributed by atoms with Crippen LogP contribution in [0.4, 0.5) is 11.8 Å². The summed E-state index contributed by atoms with van der Waals surface area (Å²) in [5.41, 5.74) is 6.76. The third-order valence-electron chi connectivity index (χ3n) is 3.05. The molecule has 2 aromatic rings. The van der Waals surface area contributed by atoms with E-state index in [0.29, 0.717) is 11.1 Å². The van der Waals surface area contributed by atoms with Gasteiger partial charge in [0.05, 0.1) is 5.52 Å². The fraction of sp³-hybridized carbons (Fsp3) is 0.364. The first-order chi connectivity index (χ1) is 7.77. The Kier molecular flexibility index (Phi) is 2.17. The Hall–Kier alpha value is -1.42. The summed E-state index contributed by atoms with van der Waals surface area (Å²) in [6.45, 7) is 2.16. The molecule has 5 heteroatoms. The minimum Gasteiger partial charge on any atom is -0.369 e. The molecule has 2 aromatic heterocycles. The molecule has 1 aliphatic rings. The van der Waals surface area contributed by atoms with E-state index in [2.05, 4.69) is 16.0 Å². The number of aromatic nitrogens is 2. The van der Waals surface area contributed by atoms with E-state index in [1.54, 1.807) is 0 Å². The smallest absolute Gasteiger partial charge is 0.208 e. The third-order valence-corrected chi connectivity index (χ3v) is 3.33. The lowest BCUT2D eigenvalue weighted by atomic mass is 10.4. The van der Waals surface area contributed by atoms with Crippen molar-refractivity contribution >= 4 is 28.9 Å². The van der Waals surface area contributed by atoms with E-state index in [-0.39, 0.29) is 0 Å². The summed E-state index contributed by atoms with van der Waals surface area (Å²) in [6, 6.07) is 5.99. The number of rotatable bonds is 1. The van der Waals surface area contributed by atoms with Gasteiger partial charge in [0, 0.05) is 13.1 Å². The monoisotopic (exact) mass is 236 g/mol. The zero-order valence-electron chi connectivity index (χ0n) is 8.86. The number of pyridine rings is 1. The topological polar surface area (TPSA) is 46.6 Å². The van der Waals surface area contributed by atoms with Crippen LogP contribution in [0.5, 0.6) is 0 Å². The lowest BCUT2D eigenvalue weighted by Crippen LogP contribution is -2.20. The molecule has 0 aliphatic carbocycles. The number of nitrogen functional groups attached to an aromatic ring is 1. The molecule has 0 spiro atoms. The standard InChI is InChI=1S/C11H13ClN4/c12-10-8-4-3-5-9(15-6-1-2-7-15)16(8)11(13)14-10/h3-5H,1-2,6-7H2,(H2,13,14). The zero-order chi connectivity index (χ0) is 11.1. The summed E-state index contributed by atoms with van der Waals surface area (Å²) in [6.07, 6.45) is 2.47. The van der Waals surface area contributed by atoms with Gasteiger partial charge in [-0.05, 0) is 25.0 Å². The molecule has 1 fully saturated rings. The van der Waals surface area contributed by atoms with Crippen molar-refractivity contribution < 1.29 is 0 Å². The molecule has 3 rings (SSSR count). The molecule has 2 N–H and O–H groups in total. The summed E-state index contributed by atoms with van der Waals surface area (Å²) in [5, 5.41) is 0.471. The number of fused-ring (bicyclic) bond motifs is 1. The second-order valence-corrected chi connectivity index (χ2v) is 4.42. The van der Waals surface area contributed by atoms with Gasteiger partial charge in [0.2, 0.25) is 5.95 Å². The van der Waals surface area contributed by atoms with E-state index in [0.717, 1.165) is 24.4 Å². The first-order valence-electron chi connectivity index (χ1n) is 5.45. The fourth-order valence-corrected chi connectivity index (χ4v) is 2.53. The van der Waals surface area contributed by atoms with Crippen LogP contribution >= 0.6 is 11.6 Å². The molecule has 16 heavy (non-hydrogen) atoms. The summed E-state index contributed by atoms with van der Waals surface area (Å²) in [5.74, 6) is 1.55. The van der Waals surface area contributed by atoms with E-state index >= 15 is 0 Å². The molecular formula is C11H13ClN4. The highest BCUT2D eigenvalue weighted by atomic mass is 35.5. The highest BCUT2D eigenvalue weighted by Gasteiger charge is 2.17. The molecule has 0 aromatic carbocycles. The van der Waals surface area contributed by atoms with Gasteiger partial charge in [-0.15, -0.1) is 0 Å². The number of nitrogens with two attached hydrogens (primary N) is 1. The van der Waals surface area contributed by atoms with Gasteiger partial charge in [0.15, 0.2) is 5.15 Å². The number of nitrogens with zero attached hydrogens (tertiary/aromatic N) is 3. The number of imidazole rings is 1. The minimum atomic E-state index is 0.461. The van der Waals surface area contributed by atoms with Gasteiger partial charge in [-0.2, -0.15) is 0 Å². The Bertz CT molecular complexity index is 528. The Morgan fingerprint density at radius 1 is 1.25 bits per heavy atom. The second kappa shape index (κ2) is 3.56. The number of hydrogen-bond acceptors (Lipinski definition) is 3. The molecule has 0 atom stereocenters. The quantitative estimate of drug-likeness (QED) is 0.826. The molecule has 1 aliphatic heterocycles. The van der Waals surface area contributed by atoms with E-state index in [4.69, 9.17) is 17.3 Å². The lowest BCUT2D eigenvalue weighted by molar-refractivity contribution is 0.919. The minimum absolute atomic E-state index is 0.461. The molecule has 0 amide bonds. The maximum Gasteiger partial charge on any atom is 0.208 e. The van der Waals surface area contributed by atoms with Crippen LogP contribution in [0, 0.1) is 0 Å². The van der Waals surface area contributed by atoms with E-state index in [1.807, 2.05) is 16.5 Å². The van der Waals surface area contributed by atoms with Crippen molar-refractivity contribution in [2.45, 2.75) is 12.8 Å². The number of hydrogen-bond donors (Lipinski definition) is 1. The van der Waals surface area contributed by atoms with Crippen LogP contribution in [0.3, 0.4) is 0 Å². The maximum atomic E-state index is 6.03. The van der Waals surface area contributed by atoms with Crippen molar-refractivity contribution in [1.82, 2.24) is 9.38 Å².